The van der Waals surface area contributed by atoms with Crippen LogP contribution in [-0.4, -0.2) is 91.2 Å². The molecule has 1 N–H and O–H groups in total. The van der Waals surface area contributed by atoms with E-state index in [9.17, 15) is 19.5 Å². The van der Waals surface area contributed by atoms with E-state index in [1.165, 1.54) is 4.90 Å². The van der Waals surface area contributed by atoms with Gasteiger partial charge in [0.05, 0.1) is 23.6 Å². The van der Waals surface area contributed by atoms with Gasteiger partial charge in [0.25, 0.3) is 0 Å². The van der Waals surface area contributed by atoms with Crippen LogP contribution in [0.25, 0.3) is 11.0 Å². The van der Waals surface area contributed by atoms with Gasteiger partial charge in [0.1, 0.15) is 29.7 Å². The summed E-state index contributed by atoms with van der Waals surface area (Å²) in [5, 5.41) is 18.0. The Hall–Kier alpha value is -3.57. The number of amides is 2. The van der Waals surface area contributed by atoms with E-state index in [0.717, 1.165) is 5.52 Å². The van der Waals surface area contributed by atoms with E-state index < -0.39 is 35.0 Å². The first-order chi connectivity index (χ1) is 19.2. The maximum Gasteiger partial charge on any atom is 0.312 e. The Kier molecular flexibility index (Phi) is 7.54. The second kappa shape index (κ2) is 10.8. The van der Waals surface area contributed by atoms with Crippen molar-refractivity contribution in [1.82, 2.24) is 24.8 Å². The van der Waals surface area contributed by atoms with Crippen LogP contribution in [0.15, 0.2) is 49.6 Å². The molecule has 3 saturated heterocycles. The van der Waals surface area contributed by atoms with Crippen LogP contribution in [0, 0.1) is 17.8 Å². The fourth-order valence-corrected chi connectivity index (χ4v) is 6.92. The molecule has 2 aromatic rings. The zero-order valence-corrected chi connectivity index (χ0v) is 23.1. The Balaban J connectivity index is 1.53. The minimum atomic E-state index is -1.20. The molecule has 3 aliphatic rings. The lowest BCUT2D eigenvalue weighted by Gasteiger charge is -2.37. The first-order valence-corrected chi connectivity index (χ1v) is 13.8. The highest BCUT2D eigenvalue weighted by Gasteiger charge is 2.80. The van der Waals surface area contributed by atoms with Crippen molar-refractivity contribution in [3.8, 4) is 0 Å². The van der Waals surface area contributed by atoms with Crippen molar-refractivity contribution in [1.29, 1.82) is 0 Å². The third kappa shape index (κ3) is 4.23. The number of likely N-dealkylation sites (tertiary alicyclic amines) is 1. The largest absolute Gasteiger partial charge is 0.465 e. The zero-order valence-electron chi connectivity index (χ0n) is 23.1. The zero-order chi connectivity index (χ0) is 28.7. The molecule has 0 aliphatic carbocycles. The maximum absolute atomic E-state index is 14.5. The number of aromatic nitrogens is 3. The third-order valence-electron chi connectivity index (χ3n) is 8.81. The molecule has 11 heteroatoms. The summed E-state index contributed by atoms with van der Waals surface area (Å²) >= 11 is 0. The number of hydrogen-bond acceptors (Lipinski definition) is 8. The van der Waals surface area contributed by atoms with Crippen molar-refractivity contribution in [3.63, 3.8) is 0 Å². The van der Waals surface area contributed by atoms with Crippen molar-refractivity contribution in [2.75, 3.05) is 26.3 Å². The van der Waals surface area contributed by atoms with Gasteiger partial charge in [-0.15, -0.1) is 18.3 Å². The summed E-state index contributed by atoms with van der Waals surface area (Å²) in [6.07, 6.45) is 4.50. The van der Waals surface area contributed by atoms with Gasteiger partial charge in [-0.25, -0.2) is 4.68 Å². The van der Waals surface area contributed by atoms with Gasteiger partial charge >= 0.3 is 5.97 Å². The second-order valence-corrected chi connectivity index (χ2v) is 11.1. The second-order valence-electron chi connectivity index (χ2n) is 11.1. The van der Waals surface area contributed by atoms with Crippen LogP contribution in [0.4, 0.5) is 0 Å². The minimum absolute atomic E-state index is 0.0878. The maximum atomic E-state index is 14.5. The Bertz CT molecular complexity index is 1330. The first kappa shape index (κ1) is 28.0. The average molecular weight is 552 g/mol. The van der Waals surface area contributed by atoms with Gasteiger partial charge < -0.3 is 24.4 Å². The summed E-state index contributed by atoms with van der Waals surface area (Å²) in [7, 11) is 0. The number of carbonyl (C=O) groups excluding carboxylic acids is 3. The van der Waals surface area contributed by atoms with E-state index in [1.54, 1.807) is 21.7 Å². The number of carbonyl (C=O) groups is 3. The molecule has 0 saturated carbocycles. The minimum Gasteiger partial charge on any atom is -0.465 e. The normalized spacial score (nSPS) is 30.5. The van der Waals surface area contributed by atoms with Crippen LogP contribution in [0.1, 0.15) is 33.1 Å². The molecule has 3 unspecified atom stereocenters. The van der Waals surface area contributed by atoms with E-state index in [2.05, 4.69) is 23.5 Å². The van der Waals surface area contributed by atoms with Gasteiger partial charge in [0, 0.05) is 19.7 Å². The molecule has 4 heterocycles. The van der Waals surface area contributed by atoms with Gasteiger partial charge in [-0.3, -0.25) is 14.4 Å². The Labute approximate surface area is 233 Å². The van der Waals surface area contributed by atoms with E-state index in [-0.39, 0.29) is 57.1 Å². The van der Waals surface area contributed by atoms with Crippen molar-refractivity contribution < 1.29 is 29.0 Å². The van der Waals surface area contributed by atoms with E-state index in [0.29, 0.717) is 18.4 Å². The number of esters is 1. The van der Waals surface area contributed by atoms with Crippen LogP contribution in [0.2, 0.25) is 0 Å². The standard InChI is InChI=1S/C29H37N5O6/c1-5-7-16-39-27(38)23-22-25(36)33(14-10-15-35)24(29(22)17-19(3)28(23,4)40-29)26(37)32(13-6-2)18-34-21-12-9-8-11-20(21)30-31-34/h5-6,8-9,11-12,19,22-24,35H,1-2,7,10,13-18H2,3-4H3/t19?,22-,23+,24?,28-,29?/m0/s1. The summed E-state index contributed by atoms with van der Waals surface area (Å²) in [5.41, 5.74) is -0.700. The lowest BCUT2D eigenvalue weighted by molar-refractivity contribution is -0.162. The van der Waals surface area contributed by atoms with Crippen LogP contribution in [0.5, 0.6) is 0 Å². The molecule has 2 bridgehead atoms. The number of hydrogen-bond donors (Lipinski definition) is 1. The predicted octanol–water partition coefficient (Wildman–Crippen LogP) is 1.92. The van der Waals surface area contributed by atoms with Gasteiger partial charge in [0.15, 0.2) is 0 Å². The molecule has 11 nitrogen and oxygen atoms in total. The summed E-state index contributed by atoms with van der Waals surface area (Å²) in [4.78, 5) is 45.1. The summed E-state index contributed by atoms with van der Waals surface area (Å²) in [6, 6.07) is 6.47. The fraction of sp³-hybridized carbons (Fsp3) is 0.552. The molecule has 214 valence electrons. The van der Waals surface area contributed by atoms with Gasteiger partial charge in [-0.1, -0.05) is 36.4 Å². The summed E-state index contributed by atoms with van der Waals surface area (Å²) in [6.45, 7) is 11.8. The molecule has 6 atom stereocenters. The number of aliphatic hydroxyl groups is 1. The predicted molar refractivity (Wildman–Crippen MR) is 145 cm³/mol. The molecule has 0 radical (unpaired) electrons. The van der Waals surface area contributed by atoms with Gasteiger partial charge in [0.2, 0.25) is 11.8 Å². The smallest absolute Gasteiger partial charge is 0.312 e. The topological polar surface area (TPSA) is 127 Å². The number of rotatable bonds is 12. The third-order valence-corrected chi connectivity index (χ3v) is 8.81. The highest BCUT2D eigenvalue weighted by molar-refractivity contribution is 5.98. The van der Waals surface area contributed by atoms with Crippen LogP contribution < -0.4 is 0 Å². The van der Waals surface area contributed by atoms with Gasteiger partial charge in [-0.2, -0.15) is 0 Å². The lowest BCUT2D eigenvalue weighted by atomic mass is 9.62. The van der Waals surface area contributed by atoms with Gasteiger partial charge in [-0.05, 0) is 44.2 Å². The quantitative estimate of drug-likeness (QED) is 0.241. The first-order valence-electron chi connectivity index (χ1n) is 13.8. The molecule has 1 aromatic carbocycles. The molecular weight excluding hydrogens is 514 g/mol. The molecule has 1 aromatic heterocycles. The van der Waals surface area contributed by atoms with Crippen LogP contribution in [-0.2, 0) is 30.5 Å². The molecule has 3 aliphatic heterocycles. The molecule has 5 rings (SSSR count). The number of para-hydroxylation sites is 1. The Morgan fingerprint density at radius 2 is 2.08 bits per heavy atom. The SMILES string of the molecule is C=CCCOC(=O)[C@H]1[C@H]2C(=O)N(CCCO)C(C(=O)N(CC=C)Cn3nnc4ccccc43)C23CC(C)[C@]1(C)O3. The molecular formula is C29H37N5O6. The van der Waals surface area contributed by atoms with Crippen molar-refractivity contribution in [2.45, 2.75) is 57.0 Å². The molecule has 2 amide bonds. The number of ether oxygens (including phenoxy) is 2. The van der Waals surface area contributed by atoms with E-state index in [4.69, 9.17) is 9.47 Å². The number of nitrogens with zero attached hydrogens (tertiary/aromatic N) is 5. The average Bonchev–Trinajstić information content (AvgIpc) is 3.60. The summed E-state index contributed by atoms with van der Waals surface area (Å²) < 4.78 is 13.9. The number of fused-ring (bicyclic) bond motifs is 2. The van der Waals surface area contributed by atoms with Crippen molar-refractivity contribution in [3.05, 3.63) is 49.6 Å². The highest BCUT2D eigenvalue weighted by Crippen LogP contribution is 2.65. The number of benzene rings is 1. The van der Waals surface area contributed by atoms with Crippen LogP contribution >= 0.6 is 0 Å². The van der Waals surface area contributed by atoms with Crippen molar-refractivity contribution >= 4 is 28.8 Å². The molecule has 40 heavy (non-hydrogen) atoms. The monoisotopic (exact) mass is 551 g/mol. The van der Waals surface area contributed by atoms with Crippen molar-refractivity contribution in [2.24, 2.45) is 17.8 Å². The molecule has 3 fully saturated rings. The summed E-state index contributed by atoms with van der Waals surface area (Å²) in [5.74, 6) is -2.97. The lowest BCUT2D eigenvalue weighted by Crippen LogP contribution is -2.57. The Morgan fingerprint density at radius 1 is 1.30 bits per heavy atom. The van der Waals surface area contributed by atoms with E-state index in [1.807, 2.05) is 38.1 Å². The Morgan fingerprint density at radius 3 is 2.80 bits per heavy atom. The molecule has 1 spiro atoms. The fourth-order valence-electron chi connectivity index (χ4n) is 6.92. The highest BCUT2D eigenvalue weighted by atomic mass is 16.6. The van der Waals surface area contributed by atoms with Crippen LogP contribution in [0.3, 0.4) is 0 Å². The van der Waals surface area contributed by atoms with E-state index >= 15 is 0 Å². The number of aliphatic hydroxyl groups excluding tert-OH is 1.